The summed E-state index contributed by atoms with van der Waals surface area (Å²) in [5.74, 6) is -0.174. The van der Waals surface area contributed by atoms with Gasteiger partial charge < -0.3 is 10.4 Å². The molecule has 2 N–H and O–H groups in total. The summed E-state index contributed by atoms with van der Waals surface area (Å²) in [5.41, 5.74) is 0.884. The summed E-state index contributed by atoms with van der Waals surface area (Å²) < 4.78 is 1.51. The Kier molecular flexibility index (Phi) is 4.09. The first kappa shape index (κ1) is 14.1. The van der Waals surface area contributed by atoms with Crippen molar-refractivity contribution in [2.24, 2.45) is 0 Å². The highest BCUT2D eigenvalue weighted by atomic mass is 16.3. The fourth-order valence-corrected chi connectivity index (χ4v) is 1.77. The highest BCUT2D eigenvalue weighted by Crippen LogP contribution is 2.11. The van der Waals surface area contributed by atoms with Crippen LogP contribution in [-0.2, 0) is 0 Å². The van der Waals surface area contributed by atoms with Crippen molar-refractivity contribution in [2.45, 2.75) is 25.8 Å². The van der Waals surface area contributed by atoms with Crippen LogP contribution in [0.15, 0.2) is 30.6 Å². The van der Waals surface area contributed by atoms with Gasteiger partial charge in [-0.3, -0.25) is 4.79 Å². The molecule has 0 aliphatic carbocycles. The number of amides is 1. The second kappa shape index (κ2) is 5.79. The van der Waals surface area contributed by atoms with Crippen molar-refractivity contribution >= 4 is 5.91 Å². The maximum absolute atomic E-state index is 12.1. The molecule has 1 aromatic carbocycles. The molecule has 2 aromatic rings. The Morgan fingerprint density at radius 1 is 1.35 bits per heavy atom. The number of hydrogen-bond acceptors (Lipinski definition) is 5. The summed E-state index contributed by atoms with van der Waals surface area (Å²) in [6.45, 7) is 3.78. The van der Waals surface area contributed by atoms with Crippen molar-refractivity contribution in [2.75, 3.05) is 6.61 Å². The SMILES string of the molecule is CC(C)(CCO)NC(=O)c1ccc(-n2cnnn2)cc1. The fraction of sp³-hybridized carbons (Fsp3) is 0.385. The van der Waals surface area contributed by atoms with E-state index in [0.29, 0.717) is 12.0 Å². The van der Waals surface area contributed by atoms with Crippen LogP contribution in [0.2, 0.25) is 0 Å². The van der Waals surface area contributed by atoms with Gasteiger partial charge >= 0.3 is 0 Å². The highest BCUT2D eigenvalue weighted by molar-refractivity contribution is 5.94. The van der Waals surface area contributed by atoms with E-state index in [4.69, 9.17) is 5.11 Å². The van der Waals surface area contributed by atoms with Crippen LogP contribution in [0, 0.1) is 0 Å². The predicted octanol–water partition coefficient (Wildman–Crippen LogP) is 0.553. The molecule has 7 nitrogen and oxygen atoms in total. The number of rotatable bonds is 5. The lowest BCUT2D eigenvalue weighted by molar-refractivity contribution is 0.0899. The Morgan fingerprint density at radius 2 is 2.05 bits per heavy atom. The second-order valence-electron chi connectivity index (χ2n) is 5.11. The van der Waals surface area contributed by atoms with E-state index in [1.54, 1.807) is 24.3 Å². The Bertz CT molecular complexity index is 563. The van der Waals surface area contributed by atoms with Crippen LogP contribution in [0.3, 0.4) is 0 Å². The minimum atomic E-state index is -0.444. The van der Waals surface area contributed by atoms with Gasteiger partial charge in [0.25, 0.3) is 5.91 Å². The molecule has 0 unspecified atom stereocenters. The zero-order valence-electron chi connectivity index (χ0n) is 11.4. The maximum Gasteiger partial charge on any atom is 0.251 e. The minimum absolute atomic E-state index is 0.0333. The van der Waals surface area contributed by atoms with E-state index in [1.807, 2.05) is 13.8 Å². The summed E-state index contributed by atoms with van der Waals surface area (Å²) >= 11 is 0. The van der Waals surface area contributed by atoms with Gasteiger partial charge in [0.2, 0.25) is 0 Å². The zero-order chi connectivity index (χ0) is 14.6. The quantitative estimate of drug-likeness (QED) is 0.831. The molecule has 1 heterocycles. The molecule has 0 aliphatic heterocycles. The number of aromatic nitrogens is 4. The lowest BCUT2D eigenvalue weighted by Crippen LogP contribution is -2.44. The van der Waals surface area contributed by atoms with Gasteiger partial charge in [-0.25, -0.2) is 4.68 Å². The third kappa shape index (κ3) is 3.39. The van der Waals surface area contributed by atoms with Crippen LogP contribution in [0.5, 0.6) is 0 Å². The molecule has 0 spiro atoms. The Hall–Kier alpha value is -2.28. The topological polar surface area (TPSA) is 92.9 Å². The molecule has 1 amide bonds. The zero-order valence-corrected chi connectivity index (χ0v) is 11.4. The van der Waals surface area contributed by atoms with Crippen LogP contribution in [0.4, 0.5) is 0 Å². The van der Waals surface area contributed by atoms with E-state index >= 15 is 0 Å². The van der Waals surface area contributed by atoms with Crippen molar-refractivity contribution < 1.29 is 9.90 Å². The molecule has 0 saturated heterocycles. The molecule has 106 valence electrons. The van der Waals surface area contributed by atoms with Crippen molar-refractivity contribution in [1.82, 2.24) is 25.5 Å². The summed E-state index contributed by atoms with van der Waals surface area (Å²) in [5, 5.41) is 22.7. The van der Waals surface area contributed by atoms with Gasteiger partial charge in [-0.2, -0.15) is 0 Å². The Labute approximate surface area is 116 Å². The predicted molar refractivity (Wildman–Crippen MR) is 72.4 cm³/mol. The van der Waals surface area contributed by atoms with Crippen molar-refractivity contribution in [3.8, 4) is 5.69 Å². The molecule has 20 heavy (non-hydrogen) atoms. The lowest BCUT2D eigenvalue weighted by Gasteiger charge is -2.25. The van der Waals surface area contributed by atoms with Gasteiger partial charge in [0.1, 0.15) is 6.33 Å². The molecule has 0 radical (unpaired) electrons. The normalized spacial score (nSPS) is 11.3. The number of nitrogens with one attached hydrogen (secondary N) is 1. The molecule has 0 saturated carbocycles. The van der Waals surface area contributed by atoms with E-state index in [0.717, 1.165) is 5.69 Å². The van der Waals surface area contributed by atoms with Crippen molar-refractivity contribution in [3.05, 3.63) is 36.2 Å². The van der Waals surface area contributed by atoms with Gasteiger partial charge in [0.05, 0.1) is 5.69 Å². The van der Waals surface area contributed by atoms with Crippen LogP contribution >= 0.6 is 0 Å². The van der Waals surface area contributed by atoms with Gasteiger partial charge in [0, 0.05) is 17.7 Å². The fourth-order valence-electron chi connectivity index (χ4n) is 1.77. The minimum Gasteiger partial charge on any atom is -0.396 e. The number of benzene rings is 1. The molecule has 0 fully saturated rings. The summed E-state index contributed by atoms with van der Waals surface area (Å²) in [7, 11) is 0. The molecular formula is C13H17N5O2. The molecule has 0 aliphatic rings. The molecule has 1 aromatic heterocycles. The first-order valence-electron chi connectivity index (χ1n) is 6.29. The Morgan fingerprint density at radius 3 is 2.60 bits per heavy atom. The number of aliphatic hydroxyl groups excluding tert-OH is 1. The number of carbonyl (C=O) groups is 1. The Balaban J connectivity index is 2.08. The van der Waals surface area contributed by atoms with E-state index in [1.165, 1.54) is 11.0 Å². The number of hydrogen-bond donors (Lipinski definition) is 2. The third-order valence-corrected chi connectivity index (χ3v) is 2.93. The van der Waals surface area contributed by atoms with E-state index in [9.17, 15) is 4.79 Å². The molecule has 2 rings (SSSR count). The first-order valence-corrected chi connectivity index (χ1v) is 6.29. The van der Waals surface area contributed by atoms with Crippen LogP contribution < -0.4 is 5.32 Å². The van der Waals surface area contributed by atoms with E-state index in [2.05, 4.69) is 20.8 Å². The number of tetrazole rings is 1. The first-order chi connectivity index (χ1) is 9.52. The molecule has 0 bridgehead atoms. The number of aliphatic hydroxyl groups is 1. The van der Waals surface area contributed by atoms with Crippen LogP contribution in [-0.4, -0.2) is 43.4 Å². The monoisotopic (exact) mass is 275 g/mol. The standard InChI is InChI=1S/C13H17N5O2/c1-13(2,7-8-19)15-12(20)10-3-5-11(6-4-10)18-9-14-16-17-18/h3-6,9,19H,7-8H2,1-2H3,(H,15,20). The van der Waals surface area contributed by atoms with Crippen LogP contribution in [0.25, 0.3) is 5.69 Å². The largest absolute Gasteiger partial charge is 0.396 e. The van der Waals surface area contributed by atoms with Crippen molar-refractivity contribution in [3.63, 3.8) is 0 Å². The average molecular weight is 275 g/mol. The van der Waals surface area contributed by atoms with E-state index < -0.39 is 5.54 Å². The van der Waals surface area contributed by atoms with Gasteiger partial charge in [0.15, 0.2) is 0 Å². The molecule has 7 heteroatoms. The molecule has 0 atom stereocenters. The number of carbonyl (C=O) groups excluding carboxylic acids is 1. The lowest BCUT2D eigenvalue weighted by atomic mass is 10.0. The van der Waals surface area contributed by atoms with E-state index in [-0.39, 0.29) is 12.5 Å². The van der Waals surface area contributed by atoms with Gasteiger partial charge in [-0.15, -0.1) is 5.10 Å². The molecular weight excluding hydrogens is 258 g/mol. The van der Waals surface area contributed by atoms with Crippen LogP contribution in [0.1, 0.15) is 30.6 Å². The van der Waals surface area contributed by atoms with Gasteiger partial charge in [-0.05, 0) is 55.0 Å². The highest BCUT2D eigenvalue weighted by Gasteiger charge is 2.20. The van der Waals surface area contributed by atoms with Crippen molar-refractivity contribution in [1.29, 1.82) is 0 Å². The third-order valence-electron chi connectivity index (χ3n) is 2.93. The maximum atomic E-state index is 12.1. The second-order valence-corrected chi connectivity index (χ2v) is 5.11. The summed E-state index contributed by atoms with van der Waals surface area (Å²) in [6.07, 6.45) is 1.99. The average Bonchev–Trinajstić information content (AvgIpc) is 2.92. The smallest absolute Gasteiger partial charge is 0.251 e. The summed E-state index contributed by atoms with van der Waals surface area (Å²) in [4.78, 5) is 12.1. The van der Waals surface area contributed by atoms with Gasteiger partial charge in [-0.1, -0.05) is 0 Å². The summed E-state index contributed by atoms with van der Waals surface area (Å²) in [6, 6.07) is 6.96. The number of nitrogens with zero attached hydrogens (tertiary/aromatic N) is 4.